The summed E-state index contributed by atoms with van der Waals surface area (Å²) in [5, 5.41) is 2.96. The van der Waals surface area contributed by atoms with Crippen molar-refractivity contribution < 1.29 is 4.79 Å². The third-order valence-electron chi connectivity index (χ3n) is 2.47. The molecule has 1 rings (SSSR count). The van der Waals surface area contributed by atoms with Crippen molar-refractivity contribution in [2.75, 3.05) is 12.3 Å². The van der Waals surface area contributed by atoms with E-state index in [2.05, 4.69) is 12.2 Å². The van der Waals surface area contributed by atoms with Crippen molar-refractivity contribution >= 4 is 30.1 Å². The minimum Gasteiger partial charge on any atom is -0.355 e. The summed E-state index contributed by atoms with van der Waals surface area (Å²) in [4.78, 5) is 11.4. The van der Waals surface area contributed by atoms with E-state index in [1.807, 2.05) is 18.7 Å². The molecule has 2 atom stereocenters. The van der Waals surface area contributed by atoms with Crippen LogP contribution in [0.4, 0.5) is 0 Å². The van der Waals surface area contributed by atoms with E-state index in [1.165, 1.54) is 18.6 Å². The average Bonchev–Trinajstić information content (AvgIpc) is 2.49. The van der Waals surface area contributed by atoms with Crippen molar-refractivity contribution in [3.05, 3.63) is 0 Å². The summed E-state index contributed by atoms with van der Waals surface area (Å²) in [5.41, 5.74) is 5.54. The highest BCUT2D eigenvalue weighted by Crippen LogP contribution is 2.36. The largest absolute Gasteiger partial charge is 0.355 e. The molecule has 15 heavy (non-hydrogen) atoms. The van der Waals surface area contributed by atoms with Gasteiger partial charge in [-0.1, -0.05) is 0 Å². The summed E-state index contributed by atoms with van der Waals surface area (Å²) in [6, 6.07) is -0.0426. The summed E-state index contributed by atoms with van der Waals surface area (Å²) in [6.07, 6.45) is 2.90. The Kier molecular flexibility index (Phi) is 6.64. The van der Waals surface area contributed by atoms with Crippen LogP contribution < -0.4 is 11.1 Å². The van der Waals surface area contributed by atoms with Crippen LogP contribution in [-0.4, -0.2) is 29.0 Å². The Balaban J connectivity index is 0.00000196. The van der Waals surface area contributed by atoms with E-state index >= 15 is 0 Å². The number of hydrogen-bond donors (Lipinski definition) is 2. The lowest BCUT2D eigenvalue weighted by atomic mass is 10.1. The minimum absolute atomic E-state index is 0. The molecule has 2 unspecified atom stereocenters. The number of rotatable bonds is 4. The zero-order valence-electron chi connectivity index (χ0n) is 9.41. The molecule has 3 nitrogen and oxygen atoms in total. The molecule has 0 aliphatic carbocycles. The van der Waals surface area contributed by atoms with Gasteiger partial charge in [-0.3, -0.25) is 4.79 Å². The Hall–Kier alpha value is 0.0700. The summed E-state index contributed by atoms with van der Waals surface area (Å²) in [7, 11) is 0. The van der Waals surface area contributed by atoms with Crippen LogP contribution >= 0.6 is 24.2 Å². The molecule has 1 fully saturated rings. The number of amides is 1. The van der Waals surface area contributed by atoms with Crippen LogP contribution in [0.2, 0.25) is 0 Å². The lowest BCUT2D eigenvalue weighted by Crippen LogP contribution is -2.38. The molecule has 0 aromatic heterocycles. The Labute approximate surface area is 102 Å². The molecule has 90 valence electrons. The Morgan fingerprint density at radius 2 is 2.33 bits per heavy atom. The van der Waals surface area contributed by atoms with E-state index in [4.69, 9.17) is 5.73 Å². The van der Waals surface area contributed by atoms with Gasteiger partial charge in [0.25, 0.3) is 0 Å². The highest BCUT2D eigenvalue weighted by Gasteiger charge is 2.29. The van der Waals surface area contributed by atoms with Crippen molar-refractivity contribution in [1.82, 2.24) is 5.32 Å². The van der Waals surface area contributed by atoms with Gasteiger partial charge < -0.3 is 11.1 Å². The third kappa shape index (κ3) is 5.64. The van der Waals surface area contributed by atoms with Crippen molar-refractivity contribution in [3.63, 3.8) is 0 Å². The molecule has 0 saturated carbocycles. The minimum atomic E-state index is -0.0426. The van der Waals surface area contributed by atoms with E-state index in [0.29, 0.717) is 6.42 Å². The second-order valence-electron chi connectivity index (χ2n) is 4.36. The van der Waals surface area contributed by atoms with Gasteiger partial charge in [-0.05, 0) is 32.4 Å². The van der Waals surface area contributed by atoms with Crippen LogP contribution in [0.15, 0.2) is 0 Å². The molecule has 1 amide bonds. The predicted molar refractivity (Wildman–Crippen MR) is 68.6 cm³/mol. The number of carbonyl (C=O) groups is 1. The third-order valence-corrected chi connectivity index (χ3v) is 4.01. The normalized spacial score (nSPS) is 26.9. The maximum atomic E-state index is 11.4. The molecule has 1 aliphatic heterocycles. The maximum Gasteiger partial charge on any atom is 0.221 e. The van der Waals surface area contributed by atoms with Crippen LogP contribution in [-0.2, 0) is 4.79 Å². The van der Waals surface area contributed by atoms with Crippen molar-refractivity contribution in [1.29, 1.82) is 0 Å². The second-order valence-corrected chi connectivity index (χ2v) is 6.04. The van der Waals surface area contributed by atoms with Gasteiger partial charge in [0, 0.05) is 23.8 Å². The van der Waals surface area contributed by atoms with Gasteiger partial charge in [0.15, 0.2) is 0 Å². The monoisotopic (exact) mass is 252 g/mol. The fourth-order valence-electron chi connectivity index (χ4n) is 1.63. The number of nitrogens with one attached hydrogen (secondary N) is 1. The van der Waals surface area contributed by atoms with E-state index in [1.54, 1.807) is 0 Å². The molecule has 0 bridgehead atoms. The summed E-state index contributed by atoms with van der Waals surface area (Å²) in [6.45, 7) is 4.85. The molecule has 3 N–H and O–H groups in total. The summed E-state index contributed by atoms with van der Waals surface area (Å²) in [5.74, 6) is 1.30. The lowest BCUT2D eigenvalue weighted by Gasteiger charge is -2.23. The Bertz CT molecular complexity index is 206. The van der Waals surface area contributed by atoms with Gasteiger partial charge in [-0.2, -0.15) is 11.8 Å². The fourth-order valence-corrected chi connectivity index (χ4v) is 2.87. The topological polar surface area (TPSA) is 55.1 Å². The summed E-state index contributed by atoms with van der Waals surface area (Å²) >= 11 is 1.96. The van der Waals surface area contributed by atoms with E-state index in [-0.39, 0.29) is 29.1 Å². The maximum absolute atomic E-state index is 11.4. The molecule has 1 heterocycles. The first-order chi connectivity index (χ1) is 6.52. The standard InChI is InChI=1S/C10H20N2OS.ClH/c1-8(11)6-9(13)12-7-10(2)4-3-5-14-10;/h8H,3-7,11H2,1-2H3,(H,12,13);1H. The fraction of sp³-hybridized carbons (Fsp3) is 0.900. The van der Waals surface area contributed by atoms with Gasteiger partial charge in [0.05, 0.1) is 0 Å². The van der Waals surface area contributed by atoms with Crippen molar-refractivity contribution in [3.8, 4) is 0 Å². The molecule has 0 spiro atoms. The van der Waals surface area contributed by atoms with E-state index in [9.17, 15) is 4.79 Å². The van der Waals surface area contributed by atoms with Crippen LogP contribution in [0.3, 0.4) is 0 Å². The lowest BCUT2D eigenvalue weighted by molar-refractivity contribution is -0.121. The molecule has 1 aliphatic rings. The van der Waals surface area contributed by atoms with Gasteiger partial charge in [-0.15, -0.1) is 12.4 Å². The number of nitrogens with two attached hydrogens (primary N) is 1. The van der Waals surface area contributed by atoms with Crippen molar-refractivity contribution in [2.45, 2.75) is 43.9 Å². The van der Waals surface area contributed by atoms with Crippen LogP contribution in [0.25, 0.3) is 0 Å². The summed E-state index contributed by atoms with van der Waals surface area (Å²) < 4.78 is 0.257. The van der Waals surface area contributed by atoms with E-state index < -0.39 is 0 Å². The smallest absolute Gasteiger partial charge is 0.221 e. The SMILES string of the molecule is CC(N)CC(=O)NCC1(C)CCCS1.Cl. The first-order valence-electron chi connectivity index (χ1n) is 5.18. The number of carbonyl (C=O) groups excluding carboxylic acids is 1. The quantitative estimate of drug-likeness (QED) is 0.798. The highest BCUT2D eigenvalue weighted by atomic mass is 35.5. The Morgan fingerprint density at radius 3 is 2.80 bits per heavy atom. The van der Waals surface area contributed by atoms with Crippen LogP contribution in [0, 0.1) is 0 Å². The predicted octanol–water partition coefficient (Wildman–Crippen LogP) is 1.55. The zero-order chi connectivity index (χ0) is 10.6. The van der Waals surface area contributed by atoms with Gasteiger partial charge in [0.1, 0.15) is 0 Å². The van der Waals surface area contributed by atoms with Crippen LogP contribution in [0.5, 0.6) is 0 Å². The zero-order valence-corrected chi connectivity index (χ0v) is 11.0. The van der Waals surface area contributed by atoms with Crippen LogP contribution in [0.1, 0.15) is 33.1 Å². The molecular weight excluding hydrogens is 232 g/mol. The molecule has 0 aromatic rings. The Morgan fingerprint density at radius 1 is 1.67 bits per heavy atom. The van der Waals surface area contributed by atoms with Crippen molar-refractivity contribution in [2.24, 2.45) is 5.73 Å². The number of halogens is 1. The van der Waals surface area contributed by atoms with Gasteiger partial charge >= 0.3 is 0 Å². The molecule has 0 aromatic carbocycles. The first-order valence-corrected chi connectivity index (χ1v) is 6.17. The van der Waals surface area contributed by atoms with Gasteiger partial charge in [-0.25, -0.2) is 0 Å². The second kappa shape index (κ2) is 6.61. The molecule has 5 heteroatoms. The molecular formula is C10H21ClN2OS. The van der Waals surface area contributed by atoms with E-state index in [0.717, 1.165) is 6.54 Å². The number of hydrogen-bond acceptors (Lipinski definition) is 3. The molecule has 0 radical (unpaired) electrons. The highest BCUT2D eigenvalue weighted by molar-refractivity contribution is 8.00. The number of thioether (sulfide) groups is 1. The average molecular weight is 253 g/mol. The molecule has 1 saturated heterocycles. The first kappa shape index (κ1) is 15.1. The van der Waals surface area contributed by atoms with Gasteiger partial charge in [0.2, 0.25) is 5.91 Å².